The highest BCUT2D eigenvalue weighted by molar-refractivity contribution is 7.98. The summed E-state index contributed by atoms with van der Waals surface area (Å²) < 4.78 is 5.63. The quantitative estimate of drug-likeness (QED) is 0.796. The van der Waals surface area contributed by atoms with Crippen molar-refractivity contribution in [1.82, 2.24) is 20.4 Å². The van der Waals surface area contributed by atoms with E-state index in [1.807, 2.05) is 6.26 Å². The molecule has 1 aromatic rings. The second-order valence-corrected chi connectivity index (χ2v) is 5.13. The molecule has 1 aliphatic rings. The van der Waals surface area contributed by atoms with Gasteiger partial charge in [0, 0.05) is 26.2 Å². The lowest BCUT2D eigenvalue weighted by Gasteiger charge is -2.38. The number of nitrogens with one attached hydrogen (secondary N) is 1. The normalized spacial score (nSPS) is 18.9. The van der Waals surface area contributed by atoms with Crippen LogP contribution in [0.3, 0.4) is 0 Å². The summed E-state index contributed by atoms with van der Waals surface area (Å²) in [7, 11) is 0. The van der Waals surface area contributed by atoms with E-state index in [1.165, 1.54) is 11.8 Å². The first kappa shape index (κ1) is 11.9. The summed E-state index contributed by atoms with van der Waals surface area (Å²) in [5, 5.41) is 12.1. The van der Waals surface area contributed by atoms with Crippen molar-refractivity contribution in [2.45, 2.75) is 24.6 Å². The van der Waals surface area contributed by atoms with Crippen LogP contribution in [0.4, 0.5) is 0 Å². The molecule has 0 atom stereocenters. The lowest BCUT2D eigenvalue weighted by molar-refractivity contribution is 0.0744. The molecule has 0 radical (unpaired) electrons. The monoisotopic (exact) mass is 242 g/mol. The SMILES string of the molecule is CSc1nnc(C(C)(C)N2CCNCC2)o1. The summed E-state index contributed by atoms with van der Waals surface area (Å²) >= 11 is 1.48. The standard InChI is InChI=1S/C10H18N4OS/c1-10(2,14-6-4-11-5-7-14)8-12-13-9(15-8)16-3/h11H,4-7H2,1-3H3. The molecule has 16 heavy (non-hydrogen) atoms. The van der Waals surface area contributed by atoms with Gasteiger partial charge in [-0.15, -0.1) is 10.2 Å². The van der Waals surface area contributed by atoms with Crippen LogP contribution in [0, 0.1) is 0 Å². The predicted octanol–water partition coefficient (Wildman–Crippen LogP) is 0.932. The number of nitrogens with zero attached hydrogens (tertiary/aromatic N) is 3. The van der Waals surface area contributed by atoms with Crippen LogP contribution < -0.4 is 5.32 Å². The van der Waals surface area contributed by atoms with Gasteiger partial charge < -0.3 is 9.73 Å². The Hall–Kier alpha value is -0.590. The molecule has 90 valence electrons. The fourth-order valence-electron chi connectivity index (χ4n) is 1.90. The molecule has 0 aliphatic carbocycles. The Kier molecular flexibility index (Phi) is 3.51. The van der Waals surface area contributed by atoms with Gasteiger partial charge in [0.2, 0.25) is 5.89 Å². The summed E-state index contributed by atoms with van der Waals surface area (Å²) in [6, 6.07) is 0. The van der Waals surface area contributed by atoms with Crippen molar-refractivity contribution in [3.8, 4) is 0 Å². The lowest BCUT2D eigenvalue weighted by atomic mass is 10.0. The molecule has 0 amide bonds. The molecule has 0 saturated carbocycles. The third-order valence-corrected chi connectivity index (χ3v) is 3.53. The topological polar surface area (TPSA) is 54.2 Å². The van der Waals surface area contributed by atoms with Gasteiger partial charge in [0.1, 0.15) is 0 Å². The summed E-state index contributed by atoms with van der Waals surface area (Å²) in [4.78, 5) is 2.38. The van der Waals surface area contributed by atoms with E-state index >= 15 is 0 Å². The molecule has 2 rings (SSSR count). The van der Waals surface area contributed by atoms with Crippen LogP contribution in [-0.4, -0.2) is 47.5 Å². The van der Waals surface area contributed by atoms with Gasteiger partial charge in [0.15, 0.2) is 0 Å². The molecule has 1 fully saturated rings. The number of hydrogen-bond donors (Lipinski definition) is 1. The van der Waals surface area contributed by atoms with Gasteiger partial charge in [-0.1, -0.05) is 11.8 Å². The minimum absolute atomic E-state index is 0.177. The van der Waals surface area contributed by atoms with Crippen molar-refractivity contribution >= 4 is 11.8 Å². The van der Waals surface area contributed by atoms with Crippen molar-refractivity contribution in [2.24, 2.45) is 0 Å². The van der Waals surface area contributed by atoms with Gasteiger partial charge in [0.05, 0.1) is 5.54 Å². The summed E-state index contributed by atoms with van der Waals surface area (Å²) in [6.45, 7) is 8.35. The van der Waals surface area contributed by atoms with Crippen LogP contribution in [0.1, 0.15) is 19.7 Å². The van der Waals surface area contributed by atoms with Crippen molar-refractivity contribution < 1.29 is 4.42 Å². The van der Waals surface area contributed by atoms with Gasteiger partial charge >= 0.3 is 0 Å². The molecule has 0 spiro atoms. The van der Waals surface area contributed by atoms with Crippen LogP contribution in [0.25, 0.3) is 0 Å². The lowest BCUT2D eigenvalue weighted by Crippen LogP contribution is -2.51. The number of rotatable bonds is 3. The highest BCUT2D eigenvalue weighted by atomic mass is 32.2. The Balaban J connectivity index is 2.15. The van der Waals surface area contributed by atoms with Crippen molar-refractivity contribution in [3.05, 3.63) is 5.89 Å². The zero-order valence-electron chi connectivity index (χ0n) is 9.99. The molecule has 6 heteroatoms. The molecule has 1 aliphatic heterocycles. The molecule has 0 bridgehead atoms. The summed E-state index contributed by atoms with van der Waals surface area (Å²) in [5.41, 5.74) is -0.177. The van der Waals surface area contributed by atoms with E-state index in [4.69, 9.17) is 4.42 Å². The van der Waals surface area contributed by atoms with Crippen LogP contribution in [0.2, 0.25) is 0 Å². The van der Waals surface area contributed by atoms with E-state index in [0.717, 1.165) is 26.2 Å². The van der Waals surface area contributed by atoms with Gasteiger partial charge in [-0.25, -0.2) is 0 Å². The molecule has 1 N–H and O–H groups in total. The molecular formula is C10H18N4OS. The fourth-order valence-corrected chi connectivity index (χ4v) is 2.18. The second kappa shape index (κ2) is 4.73. The van der Waals surface area contributed by atoms with Gasteiger partial charge in [-0.3, -0.25) is 4.90 Å². The molecule has 0 aromatic carbocycles. The molecule has 1 aromatic heterocycles. The van der Waals surface area contributed by atoms with E-state index in [9.17, 15) is 0 Å². The molecule has 0 unspecified atom stereocenters. The predicted molar refractivity (Wildman–Crippen MR) is 63.5 cm³/mol. The fraction of sp³-hybridized carbons (Fsp3) is 0.800. The van der Waals surface area contributed by atoms with E-state index in [2.05, 4.69) is 34.3 Å². The Morgan fingerprint density at radius 1 is 1.31 bits per heavy atom. The van der Waals surface area contributed by atoms with Crippen molar-refractivity contribution in [1.29, 1.82) is 0 Å². The van der Waals surface area contributed by atoms with Crippen LogP contribution in [0.15, 0.2) is 9.64 Å². The second-order valence-electron chi connectivity index (χ2n) is 4.37. The average molecular weight is 242 g/mol. The molecule has 5 nitrogen and oxygen atoms in total. The van der Waals surface area contributed by atoms with Gasteiger partial charge in [-0.05, 0) is 20.1 Å². The first-order chi connectivity index (χ1) is 7.64. The highest BCUT2D eigenvalue weighted by Crippen LogP contribution is 2.28. The smallest absolute Gasteiger partial charge is 0.276 e. The summed E-state index contributed by atoms with van der Waals surface area (Å²) in [5.74, 6) is 0.707. The average Bonchev–Trinajstić information content (AvgIpc) is 2.79. The maximum Gasteiger partial charge on any atom is 0.276 e. The van der Waals surface area contributed by atoms with Gasteiger partial charge in [-0.2, -0.15) is 0 Å². The minimum atomic E-state index is -0.177. The Morgan fingerprint density at radius 3 is 2.56 bits per heavy atom. The molecular weight excluding hydrogens is 224 g/mol. The van der Waals surface area contributed by atoms with Crippen molar-refractivity contribution in [3.63, 3.8) is 0 Å². The number of aromatic nitrogens is 2. The summed E-state index contributed by atoms with van der Waals surface area (Å²) in [6.07, 6.45) is 1.94. The Morgan fingerprint density at radius 2 is 2.00 bits per heavy atom. The largest absolute Gasteiger partial charge is 0.414 e. The van der Waals surface area contributed by atoms with E-state index in [-0.39, 0.29) is 5.54 Å². The molecule has 2 heterocycles. The zero-order valence-corrected chi connectivity index (χ0v) is 10.8. The van der Waals surface area contributed by atoms with Crippen molar-refractivity contribution in [2.75, 3.05) is 32.4 Å². The van der Waals surface area contributed by atoms with E-state index < -0.39 is 0 Å². The maximum absolute atomic E-state index is 5.63. The molecule has 1 saturated heterocycles. The van der Waals surface area contributed by atoms with E-state index in [0.29, 0.717) is 11.1 Å². The first-order valence-electron chi connectivity index (χ1n) is 5.48. The zero-order chi connectivity index (χ0) is 11.6. The van der Waals surface area contributed by atoms with E-state index in [1.54, 1.807) is 0 Å². The number of hydrogen-bond acceptors (Lipinski definition) is 6. The number of piperazine rings is 1. The van der Waals surface area contributed by atoms with Crippen LogP contribution in [0.5, 0.6) is 0 Å². The van der Waals surface area contributed by atoms with Gasteiger partial charge in [0.25, 0.3) is 5.22 Å². The first-order valence-corrected chi connectivity index (χ1v) is 6.71. The minimum Gasteiger partial charge on any atom is -0.414 e. The van der Waals surface area contributed by atoms with Crippen LogP contribution >= 0.6 is 11.8 Å². The maximum atomic E-state index is 5.63. The number of thioether (sulfide) groups is 1. The third-order valence-electron chi connectivity index (χ3n) is 3.01. The Bertz CT molecular complexity index is 346. The third kappa shape index (κ3) is 2.23. The Labute approximate surface area is 100.0 Å². The highest BCUT2D eigenvalue weighted by Gasteiger charge is 2.34. The van der Waals surface area contributed by atoms with Crippen LogP contribution in [-0.2, 0) is 5.54 Å².